The monoisotopic (exact) mass is 249 g/mol. The van der Waals surface area contributed by atoms with E-state index in [0.717, 1.165) is 11.3 Å². The van der Waals surface area contributed by atoms with Crippen LogP contribution in [-0.4, -0.2) is 38.0 Å². The first-order valence-electron chi connectivity index (χ1n) is 5.79. The molecule has 1 aromatic carbocycles. The number of aliphatic hydroxyl groups is 1. The molecule has 0 aromatic heterocycles. The fraction of sp³-hybridized carbons (Fsp3) is 0.429. The Morgan fingerprint density at radius 1 is 1.39 bits per heavy atom. The first-order chi connectivity index (χ1) is 8.76. The Labute approximate surface area is 108 Å². The van der Waals surface area contributed by atoms with Crippen LogP contribution in [0.1, 0.15) is 5.56 Å². The minimum atomic E-state index is -0.545. The Morgan fingerprint density at radius 2 is 2.11 bits per heavy atom. The van der Waals surface area contributed by atoms with Crippen molar-refractivity contribution in [3.8, 4) is 18.1 Å². The van der Waals surface area contributed by atoms with Gasteiger partial charge in [0.2, 0.25) is 0 Å². The van der Waals surface area contributed by atoms with E-state index >= 15 is 0 Å². The summed E-state index contributed by atoms with van der Waals surface area (Å²) in [6, 6.07) is 7.62. The summed E-state index contributed by atoms with van der Waals surface area (Å²) in [7, 11) is 1.63. The summed E-state index contributed by atoms with van der Waals surface area (Å²) < 4.78 is 10.5. The number of hydrogen-bond acceptors (Lipinski definition) is 4. The Balaban J connectivity index is 2.18. The third-order valence-corrected chi connectivity index (χ3v) is 2.35. The van der Waals surface area contributed by atoms with Crippen LogP contribution in [0.15, 0.2) is 24.3 Å². The summed E-state index contributed by atoms with van der Waals surface area (Å²) in [6.45, 7) is 1.64. The summed E-state index contributed by atoms with van der Waals surface area (Å²) >= 11 is 0. The van der Waals surface area contributed by atoms with Gasteiger partial charge in [-0.05, 0) is 17.7 Å². The average Bonchev–Trinajstić information content (AvgIpc) is 2.40. The van der Waals surface area contributed by atoms with E-state index in [1.807, 2.05) is 24.3 Å². The second-order valence-electron chi connectivity index (χ2n) is 3.85. The van der Waals surface area contributed by atoms with Crippen molar-refractivity contribution in [2.75, 3.05) is 26.8 Å². The van der Waals surface area contributed by atoms with Crippen LogP contribution in [0.3, 0.4) is 0 Å². The minimum Gasteiger partial charge on any atom is -0.497 e. The molecule has 1 rings (SSSR count). The minimum absolute atomic E-state index is 0.281. The number of terminal acetylenes is 1. The van der Waals surface area contributed by atoms with Gasteiger partial charge in [-0.3, -0.25) is 0 Å². The maximum absolute atomic E-state index is 9.56. The fourth-order valence-corrected chi connectivity index (χ4v) is 1.40. The lowest BCUT2D eigenvalue weighted by Gasteiger charge is -2.11. The van der Waals surface area contributed by atoms with Crippen LogP contribution in [0, 0.1) is 12.3 Å². The standard InChI is InChI=1S/C14H19NO3/c1-3-8-15-9-13(16)11-18-10-12-4-6-14(17-2)7-5-12/h1,4-7,13,15-16H,8-11H2,2H3. The van der Waals surface area contributed by atoms with E-state index in [2.05, 4.69) is 11.2 Å². The van der Waals surface area contributed by atoms with Crippen LogP contribution in [0.4, 0.5) is 0 Å². The van der Waals surface area contributed by atoms with Crippen molar-refractivity contribution < 1.29 is 14.6 Å². The molecule has 0 aliphatic carbocycles. The van der Waals surface area contributed by atoms with Gasteiger partial charge in [-0.25, -0.2) is 0 Å². The van der Waals surface area contributed by atoms with Gasteiger partial charge in [0.05, 0.1) is 33.0 Å². The second kappa shape index (κ2) is 8.54. The van der Waals surface area contributed by atoms with Crippen molar-refractivity contribution in [2.24, 2.45) is 0 Å². The molecule has 0 aliphatic rings. The number of aliphatic hydroxyl groups excluding tert-OH is 1. The Morgan fingerprint density at radius 3 is 2.72 bits per heavy atom. The molecule has 0 bridgehead atoms. The van der Waals surface area contributed by atoms with Gasteiger partial charge in [0, 0.05) is 6.54 Å². The molecular formula is C14H19NO3. The molecule has 0 amide bonds. The summed E-state index contributed by atoms with van der Waals surface area (Å²) in [5.41, 5.74) is 1.04. The van der Waals surface area contributed by atoms with Crippen LogP contribution in [0.25, 0.3) is 0 Å². The molecular weight excluding hydrogens is 230 g/mol. The zero-order valence-corrected chi connectivity index (χ0v) is 10.6. The molecule has 4 nitrogen and oxygen atoms in total. The largest absolute Gasteiger partial charge is 0.497 e. The number of hydrogen-bond donors (Lipinski definition) is 2. The van der Waals surface area contributed by atoms with E-state index < -0.39 is 6.10 Å². The van der Waals surface area contributed by atoms with Gasteiger partial charge in [-0.2, -0.15) is 0 Å². The van der Waals surface area contributed by atoms with Crippen LogP contribution in [0.5, 0.6) is 5.75 Å². The first kappa shape index (κ1) is 14.5. The average molecular weight is 249 g/mol. The van der Waals surface area contributed by atoms with Crippen LogP contribution in [-0.2, 0) is 11.3 Å². The lowest BCUT2D eigenvalue weighted by atomic mass is 10.2. The van der Waals surface area contributed by atoms with Crippen molar-refractivity contribution in [3.63, 3.8) is 0 Å². The number of rotatable bonds is 8. The third-order valence-electron chi connectivity index (χ3n) is 2.35. The molecule has 0 radical (unpaired) electrons. The number of ether oxygens (including phenoxy) is 2. The van der Waals surface area contributed by atoms with E-state index in [1.165, 1.54) is 0 Å². The highest BCUT2D eigenvalue weighted by atomic mass is 16.5. The van der Waals surface area contributed by atoms with Gasteiger partial charge in [-0.1, -0.05) is 18.1 Å². The lowest BCUT2D eigenvalue weighted by molar-refractivity contribution is 0.0293. The molecule has 98 valence electrons. The van der Waals surface area contributed by atoms with Crippen LogP contribution >= 0.6 is 0 Å². The molecule has 4 heteroatoms. The maximum Gasteiger partial charge on any atom is 0.118 e. The summed E-state index contributed by atoms with van der Waals surface area (Å²) in [5.74, 6) is 3.26. The molecule has 1 unspecified atom stereocenters. The van der Waals surface area contributed by atoms with E-state index in [1.54, 1.807) is 7.11 Å². The van der Waals surface area contributed by atoms with Crippen LogP contribution < -0.4 is 10.1 Å². The maximum atomic E-state index is 9.56. The molecule has 0 fully saturated rings. The summed E-state index contributed by atoms with van der Waals surface area (Å²) in [5, 5.41) is 12.5. The highest BCUT2D eigenvalue weighted by Crippen LogP contribution is 2.11. The second-order valence-corrected chi connectivity index (χ2v) is 3.85. The smallest absolute Gasteiger partial charge is 0.118 e. The highest BCUT2D eigenvalue weighted by Gasteiger charge is 2.03. The van der Waals surface area contributed by atoms with Gasteiger partial charge in [0.25, 0.3) is 0 Å². The Kier molecular flexibility index (Phi) is 6.89. The Hall–Kier alpha value is -1.54. The van der Waals surface area contributed by atoms with Gasteiger partial charge >= 0.3 is 0 Å². The molecule has 0 aliphatic heterocycles. The molecule has 1 aromatic rings. The van der Waals surface area contributed by atoms with Gasteiger partial charge in [0.1, 0.15) is 5.75 Å². The highest BCUT2D eigenvalue weighted by molar-refractivity contribution is 5.26. The van der Waals surface area contributed by atoms with E-state index in [0.29, 0.717) is 19.7 Å². The SMILES string of the molecule is C#CCNCC(O)COCc1ccc(OC)cc1. The third kappa shape index (κ3) is 5.69. The van der Waals surface area contributed by atoms with Crippen molar-refractivity contribution >= 4 is 0 Å². The number of methoxy groups -OCH3 is 1. The topological polar surface area (TPSA) is 50.7 Å². The van der Waals surface area contributed by atoms with Crippen molar-refractivity contribution in [2.45, 2.75) is 12.7 Å². The van der Waals surface area contributed by atoms with Gasteiger partial charge < -0.3 is 19.9 Å². The van der Waals surface area contributed by atoms with Crippen molar-refractivity contribution in [1.29, 1.82) is 0 Å². The molecule has 0 heterocycles. The number of nitrogens with one attached hydrogen (secondary N) is 1. The van der Waals surface area contributed by atoms with Crippen molar-refractivity contribution in [1.82, 2.24) is 5.32 Å². The van der Waals surface area contributed by atoms with E-state index in [9.17, 15) is 5.11 Å². The molecule has 18 heavy (non-hydrogen) atoms. The zero-order chi connectivity index (χ0) is 13.2. The fourth-order valence-electron chi connectivity index (χ4n) is 1.40. The predicted octanol–water partition coefficient (Wildman–Crippen LogP) is 0.795. The summed E-state index contributed by atoms with van der Waals surface area (Å²) in [6.07, 6.45) is 4.53. The van der Waals surface area contributed by atoms with Crippen LogP contribution in [0.2, 0.25) is 0 Å². The van der Waals surface area contributed by atoms with E-state index in [-0.39, 0.29) is 6.61 Å². The molecule has 2 N–H and O–H groups in total. The lowest BCUT2D eigenvalue weighted by Crippen LogP contribution is -2.30. The van der Waals surface area contributed by atoms with E-state index in [4.69, 9.17) is 15.9 Å². The first-order valence-corrected chi connectivity index (χ1v) is 5.79. The molecule has 1 atom stereocenters. The Bertz CT molecular complexity index is 370. The van der Waals surface area contributed by atoms with Gasteiger partial charge in [0.15, 0.2) is 0 Å². The number of benzene rings is 1. The molecule has 0 spiro atoms. The summed E-state index contributed by atoms with van der Waals surface area (Å²) in [4.78, 5) is 0. The quantitative estimate of drug-likeness (QED) is 0.528. The van der Waals surface area contributed by atoms with Crippen molar-refractivity contribution in [3.05, 3.63) is 29.8 Å². The normalized spacial score (nSPS) is 11.8. The van der Waals surface area contributed by atoms with Gasteiger partial charge in [-0.15, -0.1) is 6.42 Å². The molecule has 0 saturated carbocycles. The molecule has 0 saturated heterocycles. The zero-order valence-electron chi connectivity index (χ0n) is 10.6. The predicted molar refractivity (Wildman–Crippen MR) is 70.4 cm³/mol.